The lowest BCUT2D eigenvalue weighted by atomic mass is 9.93. The summed E-state index contributed by atoms with van der Waals surface area (Å²) in [6.07, 6.45) is -8.12. The quantitative estimate of drug-likeness (QED) is 0.300. The first kappa shape index (κ1) is 27.6. The van der Waals surface area contributed by atoms with Gasteiger partial charge in [0.2, 0.25) is 5.91 Å². The SMILES string of the molecule is O=C(Nc1ccc(-c2ccc(C(F)(F)F)nc2)c(F)c1)C1(c2ccc(C(F)(F)F)cc2F)CC1.O=CO. The summed E-state index contributed by atoms with van der Waals surface area (Å²) in [5.41, 5.74) is -3.87. The monoisotopic (exact) mass is 532 g/mol. The molecule has 196 valence electrons. The molecule has 0 atom stereocenters. The second-order valence-electron chi connectivity index (χ2n) is 7.96. The highest BCUT2D eigenvalue weighted by Gasteiger charge is 2.53. The highest BCUT2D eigenvalue weighted by atomic mass is 19.4. The van der Waals surface area contributed by atoms with Crippen LogP contribution in [0.15, 0.2) is 54.7 Å². The largest absolute Gasteiger partial charge is 0.483 e. The molecule has 0 bridgehead atoms. The van der Waals surface area contributed by atoms with Gasteiger partial charge in [0.1, 0.15) is 17.3 Å². The lowest BCUT2D eigenvalue weighted by molar-refractivity contribution is -0.141. The summed E-state index contributed by atoms with van der Waals surface area (Å²) in [6.45, 7) is -0.250. The number of hydrogen-bond donors (Lipinski definition) is 2. The van der Waals surface area contributed by atoms with Crippen molar-refractivity contribution in [3.05, 3.63) is 83.2 Å². The van der Waals surface area contributed by atoms with Gasteiger partial charge in [0.05, 0.1) is 11.0 Å². The molecule has 1 aliphatic carbocycles. The van der Waals surface area contributed by atoms with Crippen LogP contribution in [0.25, 0.3) is 11.1 Å². The van der Waals surface area contributed by atoms with Crippen molar-refractivity contribution in [1.29, 1.82) is 0 Å². The fraction of sp³-hybridized carbons (Fsp3) is 0.208. The predicted molar refractivity (Wildman–Crippen MR) is 114 cm³/mol. The molecule has 37 heavy (non-hydrogen) atoms. The second kappa shape index (κ2) is 10.1. The van der Waals surface area contributed by atoms with Crippen LogP contribution in [0.2, 0.25) is 0 Å². The smallest absolute Gasteiger partial charge is 0.433 e. The lowest BCUT2D eigenvalue weighted by Crippen LogP contribution is -2.29. The van der Waals surface area contributed by atoms with Gasteiger partial charge < -0.3 is 10.4 Å². The first-order chi connectivity index (χ1) is 17.2. The summed E-state index contributed by atoms with van der Waals surface area (Å²) in [5, 5.41) is 9.32. The topological polar surface area (TPSA) is 79.3 Å². The van der Waals surface area contributed by atoms with E-state index in [4.69, 9.17) is 9.90 Å². The van der Waals surface area contributed by atoms with Gasteiger partial charge in [0.25, 0.3) is 6.47 Å². The number of halogens is 8. The Labute approximate surface area is 203 Å². The maximum atomic E-state index is 14.6. The van der Waals surface area contributed by atoms with Crippen LogP contribution >= 0.6 is 0 Å². The third-order valence-electron chi connectivity index (χ3n) is 5.59. The lowest BCUT2D eigenvalue weighted by Gasteiger charge is -2.18. The number of benzene rings is 2. The van der Waals surface area contributed by atoms with Gasteiger partial charge in [-0.1, -0.05) is 12.1 Å². The minimum absolute atomic E-state index is 0.00952. The van der Waals surface area contributed by atoms with E-state index in [1.165, 1.54) is 12.1 Å². The molecule has 0 saturated heterocycles. The zero-order valence-electron chi connectivity index (χ0n) is 18.4. The molecule has 2 N–H and O–H groups in total. The van der Waals surface area contributed by atoms with E-state index in [0.29, 0.717) is 18.2 Å². The minimum Gasteiger partial charge on any atom is -0.483 e. The molecule has 1 saturated carbocycles. The number of alkyl halides is 6. The van der Waals surface area contributed by atoms with E-state index < -0.39 is 46.6 Å². The summed E-state index contributed by atoms with van der Waals surface area (Å²) >= 11 is 0. The Morgan fingerprint density at radius 1 is 0.919 bits per heavy atom. The standard InChI is InChI=1S/C23H14F8N2O.CH2O2/c24-17-10-14(3-4-15(17)12-1-6-19(32-11-12)23(29,30)31)33-20(34)21(7-8-21)16-5-2-13(9-18(16)25)22(26,27)28;2-1-3/h1-6,9-11H,7-8H2,(H,33,34);1H,(H,2,3). The molecule has 3 aromatic rings. The maximum absolute atomic E-state index is 14.6. The third-order valence-corrected chi connectivity index (χ3v) is 5.59. The van der Waals surface area contributed by atoms with Crippen LogP contribution in [0.5, 0.6) is 0 Å². The Balaban J connectivity index is 0.00000121. The van der Waals surface area contributed by atoms with Gasteiger partial charge in [-0.05, 0) is 49.2 Å². The normalized spacial score (nSPS) is 14.3. The molecular formula is C24H16F8N2O3. The molecule has 1 aromatic heterocycles. The highest BCUT2D eigenvalue weighted by molar-refractivity contribution is 6.01. The Hall–Kier alpha value is -4.03. The number of nitrogens with one attached hydrogen (secondary N) is 1. The van der Waals surface area contributed by atoms with Crippen LogP contribution < -0.4 is 5.32 Å². The van der Waals surface area contributed by atoms with Gasteiger partial charge in [-0.2, -0.15) is 26.3 Å². The number of amides is 1. The zero-order chi connectivity index (χ0) is 27.6. The summed E-state index contributed by atoms with van der Waals surface area (Å²) in [5.74, 6) is -2.74. The van der Waals surface area contributed by atoms with Crippen LogP contribution in [-0.4, -0.2) is 22.5 Å². The van der Waals surface area contributed by atoms with Crippen molar-refractivity contribution in [3.8, 4) is 11.1 Å². The Morgan fingerprint density at radius 3 is 2.03 bits per heavy atom. The molecule has 0 spiro atoms. The van der Waals surface area contributed by atoms with E-state index in [2.05, 4.69) is 10.3 Å². The van der Waals surface area contributed by atoms with Gasteiger partial charge in [0.15, 0.2) is 0 Å². The van der Waals surface area contributed by atoms with Crippen molar-refractivity contribution < 1.29 is 49.8 Å². The molecule has 13 heteroatoms. The van der Waals surface area contributed by atoms with Crippen molar-refractivity contribution in [3.63, 3.8) is 0 Å². The fourth-order valence-corrected chi connectivity index (χ4v) is 3.62. The van der Waals surface area contributed by atoms with E-state index in [9.17, 15) is 39.9 Å². The average molecular weight is 532 g/mol. The minimum atomic E-state index is -4.74. The molecule has 1 fully saturated rings. The summed E-state index contributed by atoms with van der Waals surface area (Å²) < 4.78 is 105. The van der Waals surface area contributed by atoms with Crippen LogP contribution in [0.3, 0.4) is 0 Å². The van der Waals surface area contributed by atoms with Crippen molar-refractivity contribution in [2.75, 3.05) is 5.32 Å². The second-order valence-corrected chi connectivity index (χ2v) is 7.96. The van der Waals surface area contributed by atoms with Crippen LogP contribution in [0.1, 0.15) is 29.7 Å². The molecule has 2 aromatic carbocycles. The molecule has 1 amide bonds. The molecule has 0 unspecified atom stereocenters. The summed E-state index contributed by atoms with van der Waals surface area (Å²) in [6, 6.07) is 7.17. The van der Waals surface area contributed by atoms with E-state index in [1.807, 2.05) is 0 Å². The number of anilines is 1. The molecule has 1 aliphatic rings. The van der Waals surface area contributed by atoms with E-state index in [1.54, 1.807) is 0 Å². The van der Waals surface area contributed by atoms with Crippen molar-refractivity contribution >= 4 is 18.1 Å². The first-order valence-electron chi connectivity index (χ1n) is 10.3. The number of nitrogens with zero attached hydrogens (tertiary/aromatic N) is 1. The molecule has 0 radical (unpaired) electrons. The average Bonchev–Trinajstić information content (AvgIpc) is 3.60. The number of carbonyl (C=O) groups excluding carboxylic acids is 1. The Morgan fingerprint density at radius 2 is 1.57 bits per heavy atom. The molecule has 1 heterocycles. The summed E-state index contributed by atoms with van der Waals surface area (Å²) in [7, 11) is 0. The number of carbonyl (C=O) groups is 2. The molecule has 5 nitrogen and oxygen atoms in total. The first-order valence-corrected chi connectivity index (χ1v) is 10.3. The van der Waals surface area contributed by atoms with E-state index in [-0.39, 0.29) is 41.7 Å². The van der Waals surface area contributed by atoms with Gasteiger partial charge in [-0.15, -0.1) is 0 Å². The molecule has 4 rings (SSSR count). The maximum Gasteiger partial charge on any atom is 0.433 e. The predicted octanol–water partition coefficient (Wildman–Crippen LogP) is 6.44. The van der Waals surface area contributed by atoms with Gasteiger partial charge >= 0.3 is 12.4 Å². The Bertz CT molecular complexity index is 1300. The summed E-state index contributed by atoms with van der Waals surface area (Å²) in [4.78, 5) is 24.4. The van der Waals surface area contributed by atoms with E-state index >= 15 is 0 Å². The number of carboxylic acid groups (broad SMARTS) is 1. The number of hydrogen-bond acceptors (Lipinski definition) is 3. The van der Waals surface area contributed by atoms with Gasteiger partial charge in [-0.25, -0.2) is 8.78 Å². The molecular weight excluding hydrogens is 516 g/mol. The van der Waals surface area contributed by atoms with E-state index in [0.717, 1.165) is 24.4 Å². The zero-order valence-corrected chi connectivity index (χ0v) is 18.4. The van der Waals surface area contributed by atoms with Gasteiger partial charge in [-0.3, -0.25) is 14.6 Å². The van der Waals surface area contributed by atoms with Crippen LogP contribution in [-0.2, 0) is 27.4 Å². The number of rotatable bonds is 4. The number of pyridine rings is 1. The fourth-order valence-electron chi connectivity index (χ4n) is 3.62. The molecule has 0 aliphatic heterocycles. The van der Waals surface area contributed by atoms with Crippen molar-refractivity contribution in [2.24, 2.45) is 0 Å². The number of aromatic nitrogens is 1. The van der Waals surface area contributed by atoms with Crippen LogP contribution in [0.4, 0.5) is 40.8 Å². The van der Waals surface area contributed by atoms with Crippen LogP contribution in [0, 0.1) is 11.6 Å². The van der Waals surface area contributed by atoms with Gasteiger partial charge in [0, 0.05) is 28.6 Å². The van der Waals surface area contributed by atoms with Crippen molar-refractivity contribution in [2.45, 2.75) is 30.6 Å². The van der Waals surface area contributed by atoms with Crippen molar-refractivity contribution in [1.82, 2.24) is 4.98 Å². The Kier molecular flexibility index (Phi) is 7.56. The third kappa shape index (κ3) is 6.04. The highest BCUT2D eigenvalue weighted by Crippen LogP contribution is 2.50.